The first-order chi connectivity index (χ1) is 8.16. The van der Waals surface area contributed by atoms with E-state index >= 15 is 0 Å². The third-order valence-electron chi connectivity index (χ3n) is 2.72. The molecule has 2 nitrogen and oxygen atoms in total. The van der Waals surface area contributed by atoms with Crippen molar-refractivity contribution in [2.75, 3.05) is 0 Å². The van der Waals surface area contributed by atoms with Crippen molar-refractivity contribution in [2.45, 2.75) is 64.7 Å². The summed E-state index contributed by atoms with van der Waals surface area (Å²) in [6.07, 6.45) is 13.6. The Bertz CT molecular complexity index is 241. The molecule has 0 saturated heterocycles. The van der Waals surface area contributed by atoms with Crippen LogP contribution < -0.4 is 0 Å². The lowest BCUT2D eigenvalue weighted by Gasteiger charge is -1.99. The molecule has 0 amide bonds. The van der Waals surface area contributed by atoms with E-state index in [0.29, 0.717) is 6.42 Å². The van der Waals surface area contributed by atoms with Gasteiger partial charge in [0.25, 0.3) is 0 Å². The lowest BCUT2D eigenvalue weighted by molar-refractivity contribution is -0.137. The number of unbranched alkanes of at least 4 members (excludes halogenated alkanes) is 5. The van der Waals surface area contributed by atoms with Gasteiger partial charge in [-0.1, -0.05) is 56.9 Å². The van der Waals surface area contributed by atoms with Gasteiger partial charge in [0, 0.05) is 6.42 Å². The Morgan fingerprint density at radius 2 is 1.82 bits per heavy atom. The Morgan fingerprint density at radius 1 is 1.12 bits per heavy atom. The standard InChI is InChI=1S/C15H26O2/c1-3-4-5-6-7-8-9-11-14(2)12-10-13-15(16)17/h9,11H,2-8,10,12-13H2,1H3,(H,16,17)/b11-9+. The van der Waals surface area contributed by atoms with E-state index in [4.69, 9.17) is 5.11 Å². The Balaban J connectivity index is 3.37. The smallest absolute Gasteiger partial charge is 0.303 e. The number of aliphatic carboxylic acids is 1. The Labute approximate surface area is 105 Å². The van der Waals surface area contributed by atoms with Gasteiger partial charge in [0.05, 0.1) is 0 Å². The number of hydrogen-bond donors (Lipinski definition) is 1. The van der Waals surface area contributed by atoms with Crippen LogP contribution in [0, 0.1) is 0 Å². The topological polar surface area (TPSA) is 37.3 Å². The molecule has 0 heterocycles. The van der Waals surface area contributed by atoms with Crippen LogP contribution in [0.15, 0.2) is 24.3 Å². The molecular weight excluding hydrogens is 212 g/mol. The monoisotopic (exact) mass is 238 g/mol. The highest BCUT2D eigenvalue weighted by atomic mass is 16.4. The van der Waals surface area contributed by atoms with Crippen molar-refractivity contribution >= 4 is 5.97 Å². The maximum atomic E-state index is 10.3. The summed E-state index contributed by atoms with van der Waals surface area (Å²) in [6.45, 7) is 6.14. The van der Waals surface area contributed by atoms with Crippen molar-refractivity contribution in [1.29, 1.82) is 0 Å². The van der Waals surface area contributed by atoms with E-state index < -0.39 is 5.97 Å². The van der Waals surface area contributed by atoms with Crippen molar-refractivity contribution in [1.82, 2.24) is 0 Å². The van der Waals surface area contributed by atoms with Gasteiger partial charge >= 0.3 is 5.97 Å². The fraction of sp³-hybridized carbons (Fsp3) is 0.667. The summed E-state index contributed by atoms with van der Waals surface area (Å²) in [7, 11) is 0. The Kier molecular flexibility index (Phi) is 10.7. The second-order valence-corrected chi connectivity index (χ2v) is 4.51. The highest BCUT2D eigenvalue weighted by Crippen LogP contribution is 2.09. The van der Waals surface area contributed by atoms with E-state index in [1.165, 1.54) is 32.1 Å². The lowest BCUT2D eigenvalue weighted by Crippen LogP contribution is -1.93. The second kappa shape index (κ2) is 11.4. The van der Waals surface area contributed by atoms with E-state index in [0.717, 1.165) is 18.4 Å². The molecule has 0 aliphatic rings. The summed E-state index contributed by atoms with van der Waals surface area (Å²) < 4.78 is 0. The predicted molar refractivity (Wildman–Crippen MR) is 73.1 cm³/mol. The SMILES string of the molecule is C=C(/C=C/CCCCCCC)CCCC(=O)O. The van der Waals surface area contributed by atoms with Crippen molar-refractivity contribution in [3.63, 3.8) is 0 Å². The van der Waals surface area contributed by atoms with Gasteiger partial charge in [0.15, 0.2) is 0 Å². The van der Waals surface area contributed by atoms with Crippen molar-refractivity contribution in [2.24, 2.45) is 0 Å². The third kappa shape index (κ3) is 12.9. The zero-order valence-electron chi connectivity index (χ0n) is 11.1. The summed E-state index contributed by atoms with van der Waals surface area (Å²) in [5, 5.41) is 8.50. The molecule has 98 valence electrons. The fourth-order valence-corrected chi connectivity index (χ4v) is 1.67. The Hall–Kier alpha value is -1.05. The Morgan fingerprint density at radius 3 is 2.47 bits per heavy atom. The molecule has 0 fully saturated rings. The van der Waals surface area contributed by atoms with E-state index in [9.17, 15) is 4.79 Å². The van der Waals surface area contributed by atoms with E-state index in [2.05, 4.69) is 19.6 Å². The quantitative estimate of drug-likeness (QED) is 0.418. The van der Waals surface area contributed by atoms with Crippen LogP contribution >= 0.6 is 0 Å². The molecule has 2 heteroatoms. The lowest BCUT2D eigenvalue weighted by atomic mass is 10.1. The summed E-state index contributed by atoms with van der Waals surface area (Å²) in [4.78, 5) is 10.3. The summed E-state index contributed by atoms with van der Waals surface area (Å²) in [5.41, 5.74) is 1.04. The molecule has 0 atom stereocenters. The van der Waals surface area contributed by atoms with Gasteiger partial charge in [-0.15, -0.1) is 0 Å². The van der Waals surface area contributed by atoms with Gasteiger partial charge < -0.3 is 5.11 Å². The van der Waals surface area contributed by atoms with Crippen molar-refractivity contribution in [3.05, 3.63) is 24.3 Å². The molecule has 0 aromatic carbocycles. The minimum absolute atomic E-state index is 0.240. The summed E-state index contributed by atoms with van der Waals surface area (Å²) in [5.74, 6) is -0.724. The molecule has 0 aliphatic carbocycles. The summed E-state index contributed by atoms with van der Waals surface area (Å²) in [6, 6.07) is 0. The molecular formula is C15H26O2. The van der Waals surface area contributed by atoms with E-state index in [1.807, 2.05) is 6.08 Å². The molecule has 1 N–H and O–H groups in total. The highest BCUT2D eigenvalue weighted by Gasteiger charge is 1.96. The average Bonchev–Trinajstić information content (AvgIpc) is 2.27. The minimum atomic E-state index is -0.724. The molecule has 0 unspecified atom stereocenters. The molecule has 0 radical (unpaired) electrons. The normalized spacial score (nSPS) is 10.9. The number of rotatable bonds is 11. The molecule has 17 heavy (non-hydrogen) atoms. The maximum Gasteiger partial charge on any atom is 0.303 e. The van der Waals surface area contributed by atoms with Gasteiger partial charge in [-0.2, -0.15) is 0 Å². The molecule has 0 saturated carbocycles. The molecule has 0 aliphatic heterocycles. The van der Waals surface area contributed by atoms with Crippen molar-refractivity contribution in [3.8, 4) is 0 Å². The molecule has 0 spiro atoms. The maximum absolute atomic E-state index is 10.3. The fourth-order valence-electron chi connectivity index (χ4n) is 1.67. The molecule has 0 aromatic rings. The summed E-state index contributed by atoms with van der Waals surface area (Å²) >= 11 is 0. The van der Waals surface area contributed by atoms with Crippen LogP contribution in [0.3, 0.4) is 0 Å². The van der Waals surface area contributed by atoms with Gasteiger partial charge in [0.1, 0.15) is 0 Å². The zero-order valence-corrected chi connectivity index (χ0v) is 11.1. The number of hydrogen-bond acceptors (Lipinski definition) is 1. The van der Waals surface area contributed by atoms with Crippen LogP contribution in [0.2, 0.25) is 0 Å². The van der Waals surface area contributed by atoms with Gasteiger partial charge in [-0.05, 0) is 25.7 Å². The number of carbonyl (C=O) groups is 1. The number of carboxylic acids is 1. The van der Waals surface area contributed by atoms with Crippen LogP contribution in [-0.2, 0) is 4.79 Å². The van der Waals surface area contributed by atoms with Gasteiger partial charge in [0.2, 0.25) is 0 Å². The van der Waals surface area contributed by atoms with Crippen LogP contribution in [-0.4, -0.2) is 11.1 Å². The predicted octanol–water partition coefficient (Wildman–Crippen LogP) is 4.71. The second-order valence-electron chi connectivity index (χ2n) is 4.51. The highest BCUT2D eigenvalue weighted by molar-refractivity contribution is 5.66. The van der Waals surface area contributed by atoms with Crippen LogP contribution in [0.4, 0.5) is 0 Å². The van der Waals surface area contributed by atoms with Crippen LogP contribution in [0.1, 0.15) is 64.7 Å². The first-order valence-corrected chi connectivity index (χ1v) is 6.73. The first-order valence-electron chi connectivity index (χ1n) is 6.73. The van der Waals surface area contributed by atoms with Gasteiger partial charge in [-0.3, -0.25) is 4.79 Å². The van der Waals surface area contributed by atoms with Crippen molar-refractivity contribution < 1.29 is 9.90 Å². The number of allylic oxidation sites excluding steroid dienone is 3. The molecule has 0 aromatic heterocycles. The zero-order chi connectivity index (χ0) is 12.9. The first kappa shape index (κ1) is 16.0. The van der Waals surface area contributed by atoms with Crippen LogP contribution in [0.5, 0.6) is 0 Å². The largest absolute Gasteiger partial charge is 0.481 e. The van der Waals surface area contributed by atoms with E-state index in [1.54, 1.807) is 0 Å². The van der Waals surface area contributed by atoms with Gasteiger partial charge in [-0.25, -0.2) is 0 Å². The molecule has 0 bridgehead atoms. The minimum Gasteiger partial charge on any atom is -0.481 e. The van der Waals surface area contributed by atoms with E-state index in [-0.39, 0.29) is 6.42 Å². The van der Waals surface area contributed by atoms with Crippen LogP contribution in [0.25, 0.3) is 0 Å². The average molecular weight is 238 g/mol. The molecule has 0 rings (SSSR count). The number of carboxylic acid groups (broad SMARTS) is 1. The third-order valence-corrected chi connectivity index (χ3v) is 2.72.